The van der Waals surface area contributed by atoms with Gasteiger partial charge in [0.25, 0.3) is 5.91 Å². The van der Waals surface area contributed by atoms with Gasteiger partial charge in [-0.05, 0) is 18.4 Å². The van der Waals surface area contributed by atoms with Crippen LogP contribution in [0.4, 0.5) is 5.82 Å². The van der Waals surface area contributed by atoms with Crippen LogP contribution in [-0.2, 0) is 9.53 Å². The molecule has 1 atom stereocenters. The first-order valence-electron chi connectivity index (χ1n) is 7.77. The molecule has 0 aliphatic rings. The number of fused-ring (bicyclic) bond motifs is 1. The van der Waals surface area contributed by atoms with E-state index in [4.69, 9.17) is 4.74 Å². The number of anilines is 1. The lowest BCUT2D eigenvalue weighted by Gasteiger charge is -2.12. The van der Waals surface area contributed by atoms with Gasteiger partial charge in [0.15, 0.2) is 23.3 Å². The summed E-state index contributed by atoms with van der Waals surface area (Å²) in [4.78, 5) is 44.7. The molecule has 2 N–H and O–H groups in total. The Morgan fingerprint density at radius 2 is 2.15 bits per heavy atom. The van der Waals surface area contributed by atoms with E-state index in [1.165, 1.54) is 42.3 Å². The molecule has 0 saturated carbocycles. The average Bonchev–Trinajstić information content (AvgIpc) is 3.41. The number of aromatic nitrogens is 5. The van der Waals surface area contributed by atoms with Gasteiger partial charge in [-0.25, -0.2) is 24.7 Å². The number of ether oxygens (including phenoxy) is 1. The van der Waals surface area contributed by atoms with E-state index in [0.717, 1.165) is 9.88 Å². The number of H-pyrrole nitrogens is 1. The highest BCUT2D eigenvalue weighted by Crippen LogP contribution is 2.28. The number of esters is 1. The minimum atomic E-state index is -1.03. The molecule has 0 radical (unpaired) electrons. The van der Waals surface area contributed by atoms with Crippen LogP contribution in [-0.4, -0.2) is 42.9 Å². The molecular formula is C16H12N6O3S2. The predicted octanol–water partition coefficient (Wildman–Crippen LogP) is 2.72. The van der Waals surface area contributed by atoms with Gasteiger partial charge in [0.05, 0.1) is 11.2 Å². The molecule has 0 aliphatic heterocycles. The number of carbonyl (C=O) groups is 2. The van der Waals surface area contributed by atoms with Crippen LogP contribution in [0.15, 0.2) is 35.5 Å². The second kappa shape index (κ2) is 7.21. The first-order chi connectivity index (χ1) is 13.1. The topological polar surface area (TPSA) is 123 Å². The Morgan fingerprint density at radius 1 is 1.26 bits per heavy atom. The number of nitrogens with one attached hydrogen (secondary N) is 2. The maximum absolute atomic E-state index is 12.3. The van der Waals surface area contributed by atoms with Gasteiger partial charge in [-0.2, -0.15) is 0 Å². The minimum Gasteiger partial charge on any atom is -0.448 e. The van der Waals surface area contributed by atoms with Gasteiger partial charge in [-0.1, -0.05) is 6.07 Å². The van der Waals surface area contributed by atoms with Gasteiger partial charge in [0, 0.05) is 5.38 Å². The van der Waals surface area contributed by atoms with Gasteiger partial charge in [0.2, 0.25) is 0 Å². The molecule has 9 nitrogen and oxygen atoms in total. The van der Waals surface area contributed by atoms with Crippen molar-refractivity contribution >= 4 is 51.5 Å². The smallest absolute Gasteiger partial charge is 0.358 e. The summed E-state index contributed by atoms with van der Waals surface area (Å²) in [6, 6.07) is 3.84. The molecule has 4 aromatic heterocycles. The molecule has 1 unspecified atom stereocenters. The summed E-state index contributed by atoms with van der Waals surface area (Å²) >= 11 is 2.88. The number of hydrogen-bond donors (Lipinski definition) is 2. The summed E-state index contributed by atoms with van der Waals surface area (Å²) in [5.74, 6) is -0.920. The molecule has 4 aromatic rings. The van der Waals surface area contributed by atoms with Crippen molar-refractivity contribution in [1.82, 2.24) is 24.9 Å². The molecule has 0 saturated heterocycles. The Morgan fingerprint density at radius 3 is 2.96 bits per heavy atom. The fourth-order valence-corrected chi connectivity index (χ4v) is 3.84. The fraction of sp³-hybridized carbons (Fsp3) is 0.125. The number of thiophene rings is 1. The van der Waals surface area contributed by atoms with E-state index in [2.05, 4.69) is 30.2 Å². The van der Waals surface area contributed by atoms with Crippen molar-refractivity contribution in [3.8, 4) is 9.88 Å². The molecule has 4 rings (SSSR count). The van der Waals surface area contributed by atoms with Crippen molar-refractivity contribution in [2.45, 2.75) is 13.0 Å². The van der Waals surface area contributed by atoms with Gasteiger partial charge >= 0.3 is 5.97 Å². The summed E-state index contributed by atoms with van der Waals surface area (Å²) in [7, 11) is 0. The Bertz CT molecular complexity index is 1100. The van der Waals surface area contributed by atoms with E-state index in [1.54, 1.807) is 5.38 Å². The third kappa shape index (κ3) is 3.55. The molecule has 0 spiro atoms. The van der Waals surface area contributed by atoms with Crippen LogP contribution in [0, 0.1) is 0 Å². The molecule has 1 amide bonds. The quantitative estimate of drug-likeness (QED) is 0.494. The third-order valence-corrected chi connectivity index (χ3v) is 5.44. The van der Waals surface area contributed by atoms with E-state index >= 15 is 0 Å². The fourth-order valence-electron chi connectivity index (χ4n) is 2.23. The van der Waals surface area contributed by atoms with Crippen LogP contribution in [0.2, 0.25) is 0 Å². The Labute approximate surface area is 160 Å². The standard InChI is InChI=1S/C16H12N6O3S2/c1-8(14(23)22-13-11-12(18-6-17-11)19-7-20-13)25-16(24)9-5-27-15(21-9)10-3-2-4-26-10/h2-8H,1H3,(H2,17,18,19,20,22,23). The van der Waals surface area contributed by atoms with Crippen molar-refractivity contribution in [1.29, 1.82) is 0 Å². The normalized spacial score (nSPS) is 12.0. The predicted molar refractivity (Wildman–Crippen MR) is 101 cm³/mol. The van der Waals surface area contributed by atoms with E-state index in [1.807, 2.05) is 17.5 Å². The average molecular weight is 400 g/mol. The number of hydrogen-bond acceptors (Lipinski definition) is 9. The van der Waals surface area contributed by atoms with E-state index in [-0.39, 0.29) is 11.5 Å². The van der Waals surface area contributed by atoms with Crippen LogP contribution < -0.4 is 5.32 Å². The second-order valence-corrected chi connectivity index (χ2v) is 7.18. The van der Waals surface area contributed by atoms with Gasteiger partial charge in [-0.3, -0.25) is 4.79 Å². The maximum Gasteiger partial charge on any atom is 0.358 e. The largest absolute Gasteiger partial charge is 0.448 e. The lowest BCUT2D eigenvalue weighted by molar-refractivity contribution is -0.123. The molecule has 4 heterocycles. The Balaban J connectivity index is 1.42. The third-order valence-electron chi connectivity index (χ3n) is 3.56. The number of imidazole rings is 1. The van der Waals surface area contributed by atoms with E-state index in [9.17, 15) is 9.59 Å². The van der Waals surface area contributed by atoms with Crippen molar-refractivity contribution in [3.63, 3.8) is 0 Å². The SMILES string of the molecule is CC(OC(=O)c1csc(-c2cccs2)n1)C(=O)Nc1ncnc2nc[nH]c12. The van der Waals surface area contributed by atoms with Gasteiger partial charge < -0.3 is 15.0 Å². The van der Waals surface area contributed by atoms with Crippen LogP contribution in [0.25, 0.3) is 21.0 Å². The van der Waals surface area contributed by atoms with Crippen molar-refractivity contribution in [2.75, 3.05) is 5.32 Å². The zero-order valence-corrected chi connectivity index (χ0v) is 15.5. The van der Waals surface area contributed by atoms with Gasteiger partial charge in [-0.15, -0.1) is 22.7 Å². The van der Waals surface area contributed by atoms with E-state index in [0.29, 0.717) is 11.2 Å². The summed E-state index contributed by atoms with van der Waals surface area (Å²) in [6.07, 6.45) is 1.71. The Kier molecular flexibility index (Phi) is 4.60. The first-order valence-corrected chi connectivity index (χ1v) is 9.53. The molecular weight excluding hydrogens is 388 g/mol. The lowest BCUT2D eigenvalue weighted by Crippen LogP contribution is -2.30. The number of carbonyl (C=O) groups excluding carboxylic acids is 2. The number of amides is 1. The molecule has 0 aliphatic carbocycles. The minimum absolute atomic E-state index is 0.168. The Hall–Kier alpha value is -3.18. The molecule has 0 fully saturated rings. The summed E-state index contributed by atoms with van der Waals surface area (Å²) in [5.41, 5.74) is 1.08. The number of rotatable bonds is 5. The van der Waals surface area contributed by atoms with Crippen LogP contribution in [0.5, 0.6) is 0 Å². The van der Waals surface area contributed by atoms with Gasteiger partial charge in [0.1, 0.15) is 16.9 Å². The number of thiazole rings is 1. The zero-order chi connectivity index (χ0) is 18.8. The second-order valence-electron chi connectivity index (χ2n) is 5.38. The number of nitrogens with zero attached hydrogens (tertiary/aromatic N) is 4. The van der Waals surface area contributed by atoms with Crippen molar-refractivity contribution < 1.29 is 14.3 Å². The van der Waals surface area contributed by atoms with Crippen molar-refractivity contribution in [2.24, 2.45) is 0 Å². The molecule has 27 heavy (non-hydrogen) atoms. The zero-order valence-electron chi connectivity index (χ0n) is 13.9. The van der Waals surface area contributed by atoms with Crippen molar-refractivity contribution in [3.05, 3.63) is 41.2 Å². The van der Waals surface area contributed by atoms with Crippen LogP contribution >= 0.6 is 22.7 Å². The maximum atomic E-state index is 12.3. The molecule has 136 valence electrons. The van der Waals surface area contributed by atoms with Crippen LogP contribution in [0.1, 0.15) is 17.4 Å². The molecule has 0 aromatic carbocycles. The van der Waals surface area contributed by atoms with Crippen LogP contribution in [0.3, 0.4) is 0 Å². The number of aromatic amines is 1. The summed E-state index contributed by atoms with van der Waals surface area (Å²) in [5, 5.41) is 6.88. The van der Waals surface area contributed by atoms with E-state index < -0.39 is 18.0 Å². The molecule has 0 bridgehead atoms. The lowest BCUT2D eigenvalue weighted by atomic mass is 10.3. The summed E-state index contributed by atoms with van der Waals surface area (Å²) in [6.45, 7) is 1.48. The first kappa shape index (κ1) is 17.2. The highest BCUT2D eigenvalue weighted by atomic mass is 32.1. The molecule has 11 heteroatoms. The highest BCUT2D eigenvalue weighted by Gasteiger charge is 2.22. The monoisotopic (exact) mass is 400 g/mol. The highest BCUT2D eigenvalue weighted by molar-refractivity contribution is 7.20. The summed E-state index contributed by atoms with van der Waals surface area (Å²) < 4.78 is 5.22.